The van der Waals surface area contributed by atoms with Gasteiger partial charge in [-0.3, -0.25) is 9.79 Å². The Morgan fingerprint density at radius 3 is 3.08 bits per heavy atom. The summed E-state index contributed by atoms with van der Waals surface area (Å²) in [6.45, 7) is 0.230. The summed E-state index contributed by atoms with van der Waals surface area (Å²) in [6.07, 6.45) is 1.91. The second-order valence-electron chi connectivity index (χ2n) is 2.87. The van der Waals surface area contributed by atoms with Gasteiger partial charge in [-0.25, -0.2) is 0 Å². The number of carbonyl (C=O) groups excluding carboxylic acids is 2. The van der Waals surface area contributed by atoms with Crippen LogP contribution in [-0.4, -0.2) is 30.7 Å². The minimum atomic E-state index is -0.504. The van der Waals surface area contributed by atoms with Gasteiger partial charge in [-0.1, -0.05) is 0 Å². The van der Waals surface area contributed by atoms with Crippen molar-refractivity contribution in [2.75, 3.05) is 6.61 Å². The lowest BCUT2D eigenvalue weighted by atomic mass is 10.2. The van der Waals surface area contributed by atoms with Gasteiger partial charge in [0.05, 0.1) is 11.9 Å². The Morgan fingerprint density at radius 2 is 2.54 bits per heavy atom. The molecule has 1 rings (SSSR count). The molecule has 1 aliphatic heterocycles. The largest absolute Gasteiger partial charge is 0.463 e. The number of nitrogens with two attached hydrogens (primary N) is 1. The highest BCUT2D eigenvalue weighted by Crippen LogP contribution is 2.10. The Bertz CT molecular complexity index is 238. The summed E-state index contributed by atoms with van der Waals surface area (Å²) in [4.78, 5) is 24.7. The highest BCUT2D eigenvalue weighted by molar-refractivity contribution is 5.84. The van der Waals surface area contributed by atoms with Crippen LogP contribution in [0, 0.1) is 0 Å². The summed E-state index contributed by atoms with van der Waals surface area (Å²) in [5, 5.41) is 0. The van der Waals surface area contributed by atoms with E-state index in [1.54, 1.807) is 0 Å². The molecule has 5 heteroatoms. The van der Waals surface area contributed by atoms with Crippen LogP contribution in [0.1, 0.15) is 19.3 Å². The lowest BCUT2D eigenvalue weighted by Crippen LogP contribution is -2.15. The van der Waals surface area contributed by atoms with Gasteiger partial charge >= 0.3 is 5.97 Å². The number of aldehydes is 1. The van der Waals surface area contributed by atoms with Gasteiger partial charge in [0.15, 0.2) is 0 Å². The number of rotatable bonds is 4. The number of hydrogen-bond acceptors (Lipinski definition) is 5. The third kappa shape index (κ3) is 3.23. The summed E-state index contributed by atoms with van der Waals surface area (Å²) in [5.41, 5.74) is 5.44. The fourth-order valence-corrected chi connectivity index (χ4v) is 1.11. The molecule has 0 aromatic carbocycles. The number of carbonyl (C=O) groups is 2. The first-order chi connectivity index (χ1) is 6.22. The first-order valence-electron chi connectivity index (χ1n) is 4.13. The zero-order chi connectivity index (χ0) is 9.68. The lowest BCUT2D eigenvalue weighted by molar-refractivity contribution is -0.144. The van der Waals surface area contributed by atoms with E-state index in [-0.39, 0.29) is 19.1 Å². The molecular formula is C8H12N2O3. The molecule has 0 saturated heterocycles. The maximum Gasteiger partial charge on any atom is 0.313 e. The molecule has 72 valence electrons. The van der Waals surface area contributed by atoms with Crippen molar-refractivity contribution in [1.82, 2.24) is 0 Å². The van der Waals surface area contributed by atoms with Crippen LogP contribution in [0.4, 0.5) is 0 Å². The van der Waals surface area contributed by atoms with Gasteiger partial charge in [-0.15, -0.1) is 0 Å². The number of nitrogens with zero attached hydrogens (tertiary/aromatic N) is 1. The zero-order valence-corrected chi connectivity index (χ0v) is 7.23. The second kappa shape index (κ2) is 4.59. The molecule has 0 amide bonds. The average Bonchev–Trinajstić information content (AvgIpc) is 2.49. The van der Waals surface area contributed by atoms with Crippen molar-refractivity contribution in [3.05, 3.63) is 0 Å². The van der Waals surface area contributed by atoms with Gasteiger partial charge in [0.2, 0.25) is 0 Å². The number of amidine groups is 1. The molecule has 0 bridgehead atoms. The molecule has 1 atom stereocenters. The summed E-state index contributed by atoms with van der Waals surface area (Å²) < 4.78 is 4.78. The Kier molecular flexibility index (Phi) is 3.42. The van der Waals surface area contributed by atoms with Crippen LogP contribution < -0.4 is 5.73 Å². The Balaban J connectivity index is 2.19. The number of esters is 1. The number of ether oxygens (including phenoxy) is 1. The average molecular weight is 184 g/mol. The van der Waals surface area contributed by atoms with E-state index < -0.39 is 5.97 Å². The molecule has 1 aliphatic rings. The van der Waals surface area contributed by atoms with Gasteiger partial charge < -0.3 is 15.3 Å². The summed E-state index contributed by atoms with van der Waals surface area (Å²) in [7, 11) is 0. The summed E-state index contributed by atoms with van der Waals surface area (Å²) in [5.74, 6) is 0.104. The van der Waals surface area contributed by atoms with Crippen LogP contribution in [0.25, 0.3) is 0 Å². The minimum Gasteiger partial charge on any atom is -0.463 e. The third-order valence-electron chi connectivity index (χ3n) is 1.77. The predicted octanol–water partition coefficient (Wildman–Crippen LogP) is -0.362. The van der Waals surface area contributed by atoms with Gasteiger partial charge in [-0.05, 0) is 6.42 Å². The van der Waals surface area contributed by atoms with E-state index in [0.717, 1.165) is 12.8 Å². The fraction of sp³-hybridized carbons (Fsp3) is 0.625. The molecule has 13 heavy (non-hydrogen) atoms. The lowest BCUT2D eigenvalue weighted by Gasteiger charge is -2.05. The zero-order valence-electron chi connectivity index (χ0n) is 7.23. The van der Waals surface area contributed by atoms with Gasteiger partial charge in [0, 0.05) is 6.42 Å². The molecule has 0 fully saturated rings. The van der Waals surface area contributed by atoms with Gasteiger partial charge in [0.1, 0.15) is 19.3 Å². The number of aliphatic imine (C=N–C) groups is 1. The van der Waals surface area contributed by atoms with E-state index in [1.807, 2.05) is 0 Å². The molecule has 0 saturated carbocycles. The van der Waals surface area contributed by atoms with Crippen LogP contribution >= 0.6 is 0 Å². The van der Waals surface area contributed by atoms with Crippen molar-refractivity contribution in [1.29, 1.82) is 0 Å². The van der Waals surface area contributed by atoms with Crippen molar-refractivity contribution in [3.8, 4) is 0 Å². The molecule has 1 heterocycles. The highest BCUT2D eigenvalue weighted by Gasteiger charge is 2.16. The first kappa shape index (κ1) is 9.70. The summed E-state index contributed by atoms with van der Waals surface area (Å²) >= 11 is 0. The smallest absolute Gasteiger partial charge is 0.313 e. The number of hydrogen-bond donors (Lipinski definition) is 1. The van der Waals surface area contributed by atoms with Crippen molar-refractivity contribution in [2.24, 2.45) is 10.7 Å². The van der Waals surface area contributed by atoms with E-state index in [9.17, 15) is 9.59 Å². The van der Waals surface area contributed by atoms with Crippen molar-refractivity contribution < 1.29 is 14.3 Å². The molecule has 0 aromatic heterocycles. The highest BCUT2D eigenvalue weighted by atomic mass is 16.5. The van der Waals surface area contributed by atoms with Crippen molar-refractivity contribution in [3.63, 3.8) is 0 Å². The summed E-state index contributed by atoms with van der Waals surface area (Å²) in [6, 6.07) is -0.0180. The van der Waals surface area contributed by atoms with E-state index in [0.29, 0.717) is 12.1 Å². The molecule has 0 aliphatic carbocycles. The van der Waals surface area contributed by atoms with Crippen LogP contribution in [-0.2, 0) is 14.3 Å². The molecule has 0 unspecified atom stereocenters. The first-order valence-corrected chi connectivity index (χ1v) is 4.13. The van der Waals surface area contributed by atoms with Crippen LogP contribution in [0.3, 0.4) is 0 Å². The molecule has 0 radical (unpaired) electrons. The molecular weight excluding hydrogens is 172 g/mol. The van der Waals surface area contributed by atoms with Crippen LogP contribution in [0.15, 0.2) is 4.99 Å². The quantitative estimate of drug-likeness (QED) is 0.367. The second-order valence-corrected chi connectivity index (χ2v) is 2.87. The normalized spacial score (nSPS) is 20.9. The van der Waals surface area contributed by atoms with E-state index >= 15 is 0 Å². The Hall–Kier alpha value is -1.39. The molecule has 5 nitrogen and oxygen atoms in total. The Morgan fingerprint density at radius 1 is 1.77 bits per heavy atom. The van der Waals surface area contributed by atoms with Gasteiger partial charge in [0.25, 0.3) is 0 Å². The Labute approximate surface area is 76.0 Å². The maximum atomic E-state index is 10.7. The van der Waals surface area contributed by atoms with Crippen LogP contribution in [0.5, 0.6) is 0 Å². The SMILES string of the molecule is NC1=N[C@H](COC(=O)CC=O)CC1. The fourth-order valence-electron chi connectivity index (χ4n) is 1.11. The molecule has 0 spiro atoms. The van der Waals surface area contributed by atoms with E-state index in [4.69, 9.17) is 10.5 Å². The predicted molar refractivity (Wildman–Crippen MR) is 46.3 cm³/mol. The third-order valence-corrected chi connectivity index (χ3v) is 1.77. The van der Waals surface area contributed by atoms with Crippen molar-refractivity contribution >= 4 is 18.1 Å². The monoisotopic (exact) mass is 184 g/mol. The van der Waals surface area contributed by atoms with Gasteiger partial charge in [-0.2, -0.15) is 0 Å². The standard InChI is InChI=1S/C8H12N2O3/c9-7-2-1-6(10-7)5-13-8(12)3-4-11/h4,6H,1-3,5H2,(H2,9,10)/t6-/m0/s1. The van der Waals surface area contributed by atoms with Crippen molar-refractivity contribution in [2.45, 2.75) is 25.3 Å². The minimum absolute atomic E-state index is 0.0180. The topological polar surface area (TPSA) is 81.8 Å². The molecule has 0 aromatic rings. The maximum absolute atomic E-state index is 10.7. The van der Waals surface area contributed by atoms with E-state index in [2.05, 4.69) is 4.99 Å². The molecule has 2 N–H and O–H groups in total. The van der Waals surface area contributed by atoms with E-state index in [1.165, 1.54) is 0 Å². The van der Waals surface area contributed by atoms with Crippen LogP contribution in [0.2, 0.25) is 0 Å².